The molecule has 0 aliphatic heterocycles. The van der Waals surface area contributed by atoms with Gasteiger partial charge in [-0.25, -0.2) is 0 Å². The van der Waals surface area contributed by atoms with Crippen molar-refractivity contribution in [3.05, 3.63) is 41.6 Å². The van der Waals surface area contributed by atoms with Gasteiger partial charge < -0.3 is 15.4 Å². The molecule has 0 spiro atoms. The SMILES string of the molecule is CC(C)[C@H]1CC=C(CNC(=O)Cc2c[nH]c3ccc(O)cc23)CC1. The summed E-state index contributed by atoms with van der Waals surface area (Å²) >= 11 is 0. The smallest absolute Gasteiger partial charge is 0.224 e. The zero-order valence-electron chi connectivity index (χ0n) is 14.4. The number of amides is 1. The standard InChI is InChI=1S/C20H26N2O2/c1-13(2)15-5-3-14(4-6-15)11-22-20(24)9-16-12-21-19-8-7-17(23)10-18(16)19/h3,7-8,10,12-13,15,21,23H,4-6,9,11H2,1-2H3,(H,22,24)/t15-/m0/s1. The van der Waals surface area contributed by atoms with Crippen LogP contribution >= 0.6 is 0 Å². The van der Waals surface area contributed by atoms with Gasteiger partial charge >= 0.3 is 0 Å². The minimum absolute atomic E-state index is 0.0196. The fraction of sp³-hybridized carbons (Fsp3) is 0.450. The summed E-state index contributed by atoms with van der Waals surface area (Å²) in [5.41, 5.74) is 3.19. The van der Waals surface area contributed by atoms with E-state index in [0.29, 0.717) is 13.0 Å². The minimum Gasteiger partial charge on any atom is -0.508 e. The topological polar surface area (TPSA) is 65.1 Å². The van der Waals surface area contributed by atoms with Crippen molar-refractivity contribution in [2.45, 2.75) is 39.5 Å². The molecule has 1 atom stereocenters. The molecule has 3 rings (SSSR count). The van der Waals surface area contributed by atoms with Crippen LogP contribution in [0.4, 0.5) is 0 Å². The highest BCUT2D eigenvalue weighted by molar-refractivity contribution is 5.89. The molecule has 4 nitrogen and oxygen atoms in total. The molecule has 4 heteroatoms. The van der Waals surface area contributed by atoms with Gasteiger partial charge in [-0.15, -0.1) is 0 Å². The van der Waals surface area contributed by atoms with Crippen LogP contribution in [0.25, 0.3) is 10.9 Å². The van der Waals surface area contributed by atoms with E-state index in [1.807, 2.05) is 12.3 Å². The van der Waals surface area contributed by atoms with Gasteiger partial charge in [0.2, 0.25) is 5.91 Å². The van der Waals surface area contributed by atoms with Gasteiger partial charge in [-0.3, -0.25) is 4.79 Å². The van der Waals surface area contributed by atoms with Crippen LogP contribution in [-0.4, -0.2) is 22.5 Å². The van der Waals surface area contributed by atoms with Gasteiger partial charge in [0.25, 0.3) is 0 Å². The van der Waals surface area contributed by atoms with Gasteiger partial charge in [-0.2, -0.15) is 0 Å². The number of hydrogen-bond acceptors (Lipinski definition) is 2. The second-order valence-corrected chi connectivity index (χ2v) is 7.14. The fourth-order valence-corrected chi connectivity index (χ4v) is 3.44. The Balaban J connectivity index is 1.55. The third-order valence-corrected chi connectivity index (χ3v) is 5.10. The van der Waals surface area contributed by atoms with Crippen molar-refractivity contribution in [1.29, 1.82) is 0 Å². The van der Waals surface area contributed by atoms with E-state index in [2.05, 4.69) is 30.2 Å². The van der Waals surface area contributed by atoms with Crippen molar-refractivity contribution in [1.82, 2.24) is 10.3 Å². The van der Waals surface area contributed by atoms with Crippen molar-refractivity contribution in [2.24, 2.45) is 11.8 Å². The van der Waals surface area contributed by atoms with Crippen LogP contribution in [0.15, 0.2) is 36.0 Å². The van der Waals surface area contributed by atoms with Crippen LogP contribution in [-0.2, 0) is 11.2 Å². The van der Waals surface area contributed by atoms with Crippen LogP contribution in [0.2, 0.25) is 0 Å². The molecule has 0 radical (unpaired) electrons. The Morgan fingerprint density at radius 3 is 2.96 bits per heavy atom. The van der Waals surface area contributed by atoms with Crippen molar-refractivity contribution >= 4 is 16.8 Å². The number of phenolic OH excluding ortho intramolecular Hbond substituents is 1. The lowest BCUT2D eigenvalue weighted by molar-refractivity contribution is -0.120. The van der Waals surface area contributed by atoms with Crippen LogP contribution < -0.4 is 5.32 Å². The van der Waals surface area contributed by atoms with Gasteiger partial charge in [0, 0.05) is 23.6 Å². The minimum atomic E-state index is 0.0196. The molecule has 1 aromatic carbocycles. The first-order valence-electron chi connectivity index (χ1n) is 8.76. The Bertz CT molecular complexity index is 758. The molecule has 1 aromatic heterocycles. The predicted octanol–water partition coefficient (Wildman–Crippen LogP) is 3.91. The number of carbonyl (C=O) groups is 1. The van der Waals surface area contributed by atoms with Gasteiger partial charge in [0.15, 0.2) is 0 Å². The van der Waals surface area contributed by atoms with Crippen LogP contribution in [0.5, 0.6) is 5.75 Å². The average molecular weight is 326 g/mol. The number of rotatable bonds is 5. The fourth-order valence-electron chi connectivity index (χ4n) is 3.44. The number of carbonyl (C=O) groups excluding carboxylic acids is 1. The molecule has 0 saturated carbocycles. The first-order chi connectivity index (χ1) is 11.5. The summed E-state index contributed by atoms with van der Waals surface area (Å²) in [7, 11) is 0. The van der Waals surface area contributed by atoms with E-state index >= 15 is 0 Å². The first-order valence-corrected chi connectivity index (χ1v) is 8.76. The van der Waals surface area contributed by atoms with Gasteiger partial charge in [-0.1, -0.05) is 25.5 Å². The number of aromatic hydroxyl groups is 1. The highest BCUT2D eigenvalue weighted by Crippen LogP contribution is 2.28. The monoisotopic (exact) mass is 326 g/mol. The second kappa shape index (κ2) is 7.12. The molecular formula is C20H26N2O2. The maximum Gasteiger partial charge on any atom is 0.224 e. The van der Waals surface area contributed by atoms with E-state index in [9.17, 15) is 9.90 Å². The number of allylic oxidation sites excluding steroid dienone is 1. The molecule has 3 N–H and O–H groups in total. The first kappa shape index (κ1) is 16.6. The Morgan fingerprint density at radius 2 is 2.25 bits per heavy atom. The molecule has 0 unspecified atom stereocenters. The third-order valence-electron chi connectivity index (χ3n) is 5.10. The van der Waals surface area contributed by atoms with E-state index in [1.165, 1.54) is 12.0 Å². The van der Waals surface area contributed by atoms with E-state index in [-0.39, 0.29) is 11.7 Å². The summed E-state index contributed by atoms with van der Waals surface area (Å²) < 4.78 is 0. The van der Waals surface area contributed by atoms with Crippen molar-refractivity contribution in [3.8, 4) is 5.75 Å². The van der Waals surface area contributed by atoms with Crippen molar-refractivity contribution < 1.29 is 9.90 Å². The summed E-state index contributed by atoms with van der Waals surface area (Å²) in [6.45, 7) is 5.21. The maximum atomic E-state index is 12.2. The number of H-pyrrole nitrogens is 1. The Labute approximate surface area is 143 Å². The molecule has 2 aromatic rings. The number of benzene rings is 1. The third kappa shape index (κ3) is 3.81. The quantitative estimate of drug-likeness (QED) is 0.729. The lowest BCUT2D eigenvalue weighted by atomic mass is 9.82. The van der Waals surface area contributed by atoms with Crippen LogP contribution in [0, 0.1) is 11.8 Å². The predicted molar refractivity (Wildman–Crippen MR) is 96.9 cm³/mol. The maximum absolute atomic E-state index is 12.2. The molecule has 0 bridgehead atoms. The van der Waals surface area contributed by atoms with Gasteiger partial charge in [0.05, 0.1) is 6.42 Å². The summed E-state index contributed by atoms with van der Waals surface area (Å²) in [6, 6.07) is 5.16. The zero-order chi connectivity index (χ0) is 17.1. The number of aromatic amines is 1. The normalized spacial score (nSPS) is 18.0. The highest BCUT2D eigenvalue weighted by Gasteiger charge is 2.17. The number of aromatic nitrogens is 1. The number of hydrogen-bond donors (Lipinski definition) is 3. The molecule has 1 heterocycles. The summed E-state index contributed by atoms with van der Waals surface area (Å²) in [5.74, 6) is 1.75. The van der Waals surface area contributed by atoms with E-state index in [1.54, 1.807) is 12.1 Å². The number of phenols is 1. The molecular weight excluding hydrogens is 300 g/mol. The lowest BCUT2D eigenvalue weighted by Gasteiger charge is -2.25. The van der Waals surface area contributed by atoms with Crippen LogP contribution in [0.1, 0.15) is 38.7 Å². The molecule has 0 saturated heterocycles. The van der Waals surface area contributed by atoms with E-state index in [0.717, 1.165) is 41.1 Å². The largest absolute Gasteiger partial charge is 0.508 e. The number of fused-ring (bicyclic) bond motifs is 1. The van der Waals surface area contributed by atoms with Gasteiger partial charge in [-0.05, 0) is 54.9 Å². The molecule has 1 amide bonds. The Morgan fingerprint density at radius 1 is 1.42 bits per heavy atom. The van der Waals surface area contributed by atoms with Crippen molar-refractivity contribution in [3.63, 3.8) is 0 Å². The summed E-state index contributed by atoms with van der Waals surface area (Å²) in [5, 5.41) is 13.6. The molecule has 0 fully saturated rings. The molecule has 128 valence electrons. The number of nitrogens with one attached hydrogen (secondary N) is 2. The van der Waals surface area contributed by atoms with E-state index < -0.39 is 0 Å². The molecule has 1 aliphatic carbocycles. The molecule has 24 heavy (non-hydrogen) atoms. The Hall–Kier alpha value is -2.23. The summed E-state index contributed by atoms with van der Waals surface area (Å²) in [6.07, 6.45) is 7.91. The lowest BCUT2D eigenvalue weighted by Crippen LogP contribution is -2.28. The van der Waals surface area contributed by atoms with Gasteiger partial charge in [0.1, 0.15) is 5.75 Å². The zero-order valence-corrected chi connectivity index (χ0v) is 14.4. The molecule has 1 aliphatic rings. The van der Waals surface area contributed by atoms with E-state index in [4.69, 9.17) is 0 Å². The van der Waals surface area contributed by atoms with Crippen molar-refractivity contribution in [2.75, 3.05) is 6.54 Å². The van der Waals surface area contributed by atoms with Crippen LogP contribution in [0.3, 0.4) is 0 Å². The second-order valence-electron chi connectivity index (χ2n) is 7.14. The highest BCUT2D eigenvalue weighted by atomic mass is 16.3. The summed E-state index contributed by atoms with van der Waals surface area (Å²) in [4.78, 5) is 15.4. The average Bonchev–Trinajstić information content (AvgIpc) is 2.95. The Kier molecular flexibility index (Phi) is 4.93.